The monoisotopic (exact) mass is 464 g/mol. The SMILES string of the molecule is CN=C(NCCN1C(=O)CCCC1=O)NCc1cccc(Cl)c1.I. The molecule has 1 fully saturated rings. The lowest BCUT2D eigenvalue weighted by atomic mass is 10.1. The van der Waals surface area contributed by atoms with Gasteiger partial charge in [0.1, 0.15) is 0 Å². The number of nitrogens with zero attached hydrogens (tertiary/aromatic N) is 2. The van der Waals surface area contributed by atoms with Crippen LogP contribution in [0.1, 0.15) is 24.8 Å². The summed E-state index contributed by atoms with van der Waals surface area (Å²) in [6, 6.07) is 7.57. The number of carbonyl (C=O) groups is 2. The van der Waals surface area contributed by atoms with Crippen molar-refractivity contribution in [3.63, 3.8) is 0 Å². The van der Waals surface area contributed by atoms with Crippen molar-refractivity contribution in [1.29, 1.82) is 0 Å². The fraction of sp³-hybridized carbons (Fsp3) is 0.438. The highest BCUT2D eigenvalue weighted by molar-refractivity contribution is 14.0. The zero-order valence-electron chi connectivity index (χ0n) is 13.5. The van der Waals surface area contributed by atoms with E-state index < -0.39 is 0 Å². The molecule has 6 nitrogen and oxygen atoms in total. The summed E-state index contributed by atoms with van der Waals surface area (Å²) in [5.74, 6) is 0.428. The van der Waals surface area contributed by atoms with E-state index in [0.717, 1.165) is 5.56 Å². The maximum absolute atomic E-state index is 11.7. The molecule has 1 aromatic carbocycles. The largest absolute Gasteiger partial charge is 0.355 e. The Labute approximate surface area is 164 Å². The number of hydrogen-bond acceptors (Lipinski definition) is 3. The molecule has 2 N–H and O–H groups in total. The van der Waals surface area contributed by atoms with E-state index in [9.17, 15) is 9.59 Å². The molecule has 1 aromatic rings. The van der Waals surface area contributed by atoms with Crippen molar-refractivity contribution in [3.05, 3.63) is 34.9 Å². The average Bonchev–Trinajstić information content (AvgIpc) is 2.53. The first-order valence-corrected chi connectivity index (χ1v) is 8.00. The fourth-order valence-corrected chi connectivity index (χ4v) is 2.60. The summed E-state index contributed by atoms with van der Waals surface area (Å²) in [7, 11) is 1.67. The highest BCUT2D eigenvalue weighted by Crippen LogP contribution is 2.11. The molecule has 1 heterocycles. The molecule has 24 heavy (non-hydrogen) atoms. The molecule has 0 spiro atoms. The summed E-state index contributed by atoms with van der Waals surface area (Å²) in [4.78, 5) is 28.9. The van der Waals surface area contributed by atoms with Crippen molar-refractivity contribution < 1.29 is 9.59 Å². The molecule has 1 saturated heterocycles. The van der Waals surface area contributed by atoms with E-state index in [4.69, 9.17) is 11.6 Å². The molecule has 0 unspecified atom stereocenters. The second-order valence-electron chi connectivity index (χ2n) is 5.28. The number of carbonyl (C=O) groups excluding carboxylic acids is 2. The van der Waals surface area contributed by atoms with Crippen LogP contribution in [0.25, 0.3) is 0 Å². The minimum atomic E-state index is -0.0927. The zero-order valence-corrected chi connectivity index (χ0v) is 16.6. The van der Waals surface area contributed by atoms with Crippen LogP contribution in [0.15, 0.2) is 29.3 Å². The van der Waals surface area contributed by atoms with Crippen LogP contribution in [0.4, 0.5) is 0 Å². The van der Waals surface area contributed by atoms with E-state index >= 15 is 0 Å². The second-order valence-corrected chi connectivity index (χ2v) is 5.71. The van der Waals surface area contributed by atoms with Gasteiger partial charge in [0, 0.05) is 44.5 Å². The lowest BCUT2D eigenvalue weighted by Crippen LogP contribution is -2.46. The summed E-state index contributed by atoms with van der Waals surface area (Å²) < 4.78 is 0. The molecule has 0 saturated carbocycles. The number of hydrogen-bond donors (Lipinski definition) is 2. The molecule has 132 valence electrons. The molecule has 1 aliphatic rings. The van der Waals surface area contributed by atoms with Crippen LogP contribution in [0.5, 0.6) is 0 Å². The van der Waals surface area contributed by atoms with E-state index in [1.165, 1.54) is 4.90 Å². The standard InChI is InChI=1S/C16H21ClN4O2.HI/c1-18-16(20-11-12-4-2-5-13(17)10-12)19-8-9-21-14(22)6-3-7-15(21)23;/h2,4-5,10H,3,6-9,11H2,1H3,(H2,18,19,20);1H. The van der Waals surface area contributed by atoms with Crippen molar-refractivity contribution in [1.82, 2.24) is 15.5 Å². The van der Waals surface area contributed by atoms with E-state index in [2.05, 4.69) is 15.6 Å². The molecule has 2 amide bonds. The molecular weight excluding hydrogens is 443 g/mol. The Bertz CT molecular complexity index is 593. The summed E-state index contributed by atoms with van der Waals surface area (Å²) in [5, 5.41) is 6.96. The zero-order chi connectivity index (χ0) is 16.7. The molecule has 0 aromatic heterocycles. The van der Waals surface area contributed by atoms with Crippen LogP contribution in [-0.4, -0.2) is 42.8 Å². The minimum Gasteiger partial charge on any atom is -0.355 e. The van der Waals surface area contributed by atoms with Crippen molar-refractivity contribution in [3.8, 4) is 0 Å². The molecule has 2 rings (SSSR count). The quantitative estimate of drug-likeness (QED) is 0.303. The van der Waals surface area contributed by atoms with Gasteiger partial charge in [-0.15, -0.1) is 24.0 Å². The number of nitrogens with one attached hydrogen (secondary N) is 2. The number of aliphatic imine (C=N–C) groups is 1. The van der Waals surface area contributed by atoms with Gasteiger partial charge in [0.25, 0.3) is 0 Å². The molecule has 8 heteroatoms. The summed E-state index contributed by atoms with van der Waals surface area (Å²) in [6.45, 7) is 1.41. The molecular formula is C16H22ClIN4O2. The van der Waals surface area contributed by atoms with Crippen LogP contribution < -0.4 is 10.6 Å². The number of amides is 2. The average molecular weight is 465 g/mol. The molecule has 0 atom stereocenters. The first kappa shape index (κ1) is 20.7. The van der Waals surface area contributed by atoms with Crippen LogP contribution in [0.2, 0.25) is 5.02 Å². The van der Waals surface area contributed by atoms with Crippen molar-refractivity contribution in [2.75, 3.05) is 20.1 Å². The third kappa shape index (κ3) is 6.27. The number of imide groups is 1. The van der Waals surface area contributed by atoms with Gasteiger partial charge in [-0.05, 0) is 24.1 Å². The number of piperidine rings is 1. The summed E-state index contributed by atoms with van der Waals surface area (Å²) in [6.07, 6.45) is 1.56. The maximum Gasteiger partial charge on any atom is 0.229 e. The minimum absolute atomic E-state index is 0. The molecule has 1 aliphatic heterocycles. The van der Waals surface area contributed by atoms with E-state index in [1.54, 1.807) is 7.05 Å². The van der Waals surface area contributed by atoms with Gasteiger partial charge >= 0.3 is 0 Å². The van der Waals surface area contributed by atoms with Gasteiger partial charge in [0.15, 0.2) is 5.96 Å². The molecule has 0 radical (unpaired) electrons. The lowest BCUT2D eigenvalue weighted by Gasteiger charge is -2.25. The fourth-order valence-electron chi connectivity index (χ4n) is 2.39. The van der Waals surface area contributed by atoms with Gasteiger partial charge in [-0.3, -0.25) is 19.5 Å². The van der Waals surface area contributed by atoms with Crippen molar-refractivity contribution in [2.24, 2.45) is 4.99 Å². The summed E-state index contributed by atoms with van der Waals surface area (Å²) in [5.41, 5.74) is 1.04. The smallest absolute Gasteiger partial charge is 0.229 e. The predicted octanol–water partition coefficient (Wildman–Crippen LogP) is 2.16. The first-order valence-electron chi connectivity index (χ1n) is 7.62. The van der Waals surface area contributed by atoms with Crippen LogP contribution in [0.3, 0.4) is 0 Å². The Balaban J connectivity index is 0.00000288. The topological polar surface area (TPSA) is 73.8 Å². The van der Waals surface area contributed by atoms with E-state index in [-0.39, 0.29) is 35.8 Å². The van der Waals surface area contributed by atoms with Crippen molar-refractivity contribution >= 4 is 53.4 Å². The lowest BCUT2D eigenvalue weighted by molar-refractivity contribution is -0.147. The molecule has 0 aliphatic carbocycles. The van der Waals surface area contributed by atoms with E-state index in [0.29, 0.717) is 49.9 Å². The maximum atomic E-state index is 11.7. The van der Waals surface area contributed by atoms with Gasteiger partial charge in [-0.25, -0.2) is 0 Å². The Kier molecular flexibility index (Phi) is 9.05. The number of benzene rings is 1. The Morgan fingerprint density at radius 2 is 1.96 bits per heavy atom. The van der Waals surface area contributed by atoms with Crippen LogP contribution >= 0.6 is 35.6 Å². The highest BCUT2D eigenvalue weighted by Gasteiger charge is 2.25. The Morgan fingerprint density at radius 1 is 1.25 bits per heavy atom. The van der Waals surface area contributed by atoms with Crippen molar-refractivity contribution in [2.45, 2.75) is 25.8 Å². The van der Waals surface area contributed by atoms with Gasteiger partial charge in [-0.2, -0.15) is 0 Å². The number of likely N-dealkylation sites (tertiary alicyclic amines) is 1. The van der Waals surface area contributed by atoms with Gasteiger partial charge < -0.3 is 10.6 Å². The van der Waals surface area contributed by atoms with Gasteiger partial charge in [0.05, 0.1) is 0 Å². The third-order valence-electron chi connectivity index (χ3n) is 3.58. The van der Waals surface area contributed by atoms with Gasteiger partial charge in [-0.1, -0.05) is 23.7 Å². The summed E-state index contributed by atoms with van der Waals surface area (Å²) >= 11 is 5.95. The number of rotatable bonds is 5. The first-order chi connectivity index (χ1) is 11.1. The number of guanidine groups is 1. The highest BCUT2D eigenvalue weighted by atomic mass is 127. The number of halogens is 2. The predicted molar refractivity (Wildman–Crippen MR) is 106 cm³/mol. The third-order valence-corrected chi connectivity index (χ3v) is 3.82. The van der Waals surface area contributed by atoms with Gasteiger partial charge in [0.2, 0.25) is 11.8 Å². The van der Waals surface area contributed by atoms with Crippen LogP contribution in [-0.2, 0) is 16.1 Å². The Hall–Kier alpha value is -1.35. The van der Waals surface area contributed by atoms with E-state index in [1.807, 2.05) is 24.3 Å². The normalized spacial score (nSPS) is 15.1. The molecule has 0 bridgehead atoms. The van der Waals surface area contributed by atoms with Crippen LogP contribution in [0, 0.1) is 0 Å². The second kappa shape index (κ2) is 10.5. The Morgan fingerprint density at radius 3 is 2.58 bits per heavy atom.